The van der Waals surface area contributed by atoms with Crippen LogP contribution in [0, 0.1) is 5.92 Å². The molecule has 32 heavy (non-hydrogen) atoms. The molecule has 3 amide bonds. The quantitative estimate of drug-likeness (QED) is 0.622. The third-order valence-corrected chi connectivity index (χ3v) is 8.10. The number of carbonyl (C=O) groups is 3. The van der Waals surface area contributed by atoms with E-state index < -0.39 is 6.09 Å². The lowest BCUT2D eigenvalue weighted by molar-refractivity contribution is -0.141. The Morgan fingerprint density at radius 1 is 1.06 bits per heavy atom. The molecule has 3 aliphatic heterocycles. The van der Waals surface area contributed by atoms with Crippen molar-refractivity contribution in [1.82, 2.24) is 14.7 Å². The number of hydrogen-bond donors (Lipinski definition) is 2. The number of nitrogens with one attached hydrogen (secondary N) is 1. The number of morpholine rings is 1. The molecular formula is C21H29BrN4O5S. The summed E-state index contributed by atoms with van der Waals surface area (Å²) in [4.78, 5) is 43.2. The SMILES string of the molecule is O=C(O)Nc1sc(Br)cc1C(=O)N1CCC(N2CCC[C@@H](C(=O)N3CCOCC3)C2)CC1. The fourth-order valence-corrected chi connectivity index (χ4v) is 6.38. The summed E-state index contributed by atoms with van der Waals surface area (Å²) in [6, 6.07) is 2.04. The molecule has 4 rings (SSSR count). The second-order valence-corrected chi connectivity index (χ2v) is 11.0. The van der Waals surface area contributed by atoms with Gasteiger partial charge in [0.15, 0.2) is 0 Å². The number of likely N-dealkylation sites (tertiary alicyclic amines) is 2. The number of hydrogen-bond acceptors (Lipinski definition) is 6. The second-order valence-electron chi connectivity index (χ2n) is 8.52. The lowest BCUT2D eigenvalue weighted by atomic mass is 9.92. The van der Waals surface area contributed by atoms with E-state index in [-0.39, 0.29) is 17.7 Å². The largest absolute Gasteiger partial charge is 0.465 e. The van der Waals surface area contributed by atoms with Crippen LogP contribution in [-0.4, -0.2) is 96.2 Å². The van der Waals surface area contributed by atoms with E-state index in [1.165, 1.54) is 11.3 Å². The molecule has 1 aromatic heterocycles. The summed E-state index contributed by atoms with van der Waals surface area (Å²) >= 11 is 4.54. The highest BCUT2D eigenvalue weighted by Crippen LogP contribution is 2.34. The van der Waals surface area contributed by atoms with Crippen molar-refractivity contribution < 1.29 is 24.2 Å². The third kappa shape index (κ3) is 5.44. The summed E-state index contributed by atoms with van der Waals surface area (Å²) in [5.74, 6) is 0.162. The first-order valence-corrected chi connectivity index (χ1v) is 12.7. The number of rotatable bonds is 4. The molecule has 3 aliphatic rings. The number of anilines is 1. The van der Waals surface area contributed by atoms with E-state index in [0.717, 1.165) is 38.8 Å². The maximum Gasteiger partial charge on any atom is 0.409 e. The van der Waals surface area contributed by atoms with Gasteiger partial charge >= 0.3 is 6.09 Å². The van der Waals surface area contributed by atoms with Crippen molar-refractivity contribution in [3.05, 3.63) is 15.4 Å². The van der Waals surface area contributed by atoms with Crippen molar-refractivity contribution in [2.75, 3.05) is 57.8 Å². The summed E-state index contributed by atoms with van der Waals surface area (Å²) in [6.45, 7) is 5.66. The van der Waals surface area contributed by atoms with E-state index >= 15 is 0 Å². The Kier molecular flexibility index (Phi) is 7.70. The molecule has 0 unspecified atom stereocenters. The number of piperidine rings is 2. The Bertz CT molecular complexity index is 851. The number of carboxylic acid groups (broad SMARTS) is 1. The molecule has 2 N–H and O–H groups in total. The van der Waals surface area contributed by atoms with Gasteiger partial charge in [0.25, 0.3) is 5.91 Å². The third-order valence-electron chi connectivity index (χ3n) is 6.55. The van der Waals surface area contributed by atoms with Crippen LogP contribution < -0.4 is 5.32 Å². The Morgan fingerprint density at radius 3 is 2.47 bits per heavy atom. The van der Waals surface area contributed by atoms with Crippen molar-refractivity contribution in [1.29, 1.82) is 0 Å². The fourth-order valence-electron chi connectivity index (χ4n) is 4.90. The van der Waals surface area contributed by atoms with Crippen LogP contribution in [0.15, 0.2) is 9.85 Å². The zero-order valence-electron chi connectivity index (χ0n) is 17.9. The minimum absolute atomic E-state index is 0.0503. The highest BCUT2D eigenvalue weighted by molar-refractivity contribution is 9.11. The average molecular weight is 529 g/mol. The Balaban J connectivity index is 1.32. The number of thiophene rings is 1. The molecule has 1 atom stereocenters. The number of carbonyl (C=O) groups excluding carboxylic acids is 2. The van der Waals surface area contributed by atoms with Crippen LogP contribution in [0.5, 0.6) is 0 Å². The van der Waals surface area contributed by atoms with Crippen LogP contribution in [0.3, 0.4) is 0 Å². The molecule has 0 spiro atoms. The van der Waals surface area contributed by atoms with Crippen LogP contribution in [0.25, 0.3) is 0 Å². The highest BCUT2D eigenvalue weighted by atomic mass is 79.9. The zero-order valence-corrected chi connectivity index (χ0v) is 20.3. The van der Waals surface area contributed by atoms with Gasteiger partial charge in [-0.25, -0.2) is 4.79 Å². The molecule has 3 saturated heterocycles. The standard InChI is InChI=1S/C21H29BrN4O5S/c22-17-12-16(18(32-17)23-21(29)30)20(28)24-6-3-15(4-7-24)26-5-1-2-14(13-26)19(27)25-8-10-31-11-9-25/h12,14-15,23H,1-11,13H2,(H,29,30)/t14-/m1/s1. The monoisotopic (exact) mass is 528 g/mol. The molecule has 0 aromatic carbocycles. The molecule has 176 valence electrons. The van der Waals surface area contributed by atoms with Gasteiger partial charge in [-0.05, 0) is 54.2 Å². The van der Waals surface area contributed by atoms with E-state index in [0.29, 0.717) is 59.8 Å². The summed E-state index contributed by atoms with van der Waals surface area (Å²) in [7, 11) is 0. The Labute approximate surface area is 199 Å². The molecule has 0 radical (unpaired) electrons. The smallest absolute Gasteiger partial charge is 0.409 e. The highest BCUT2D eigenvalue weighted by Gasteiger charge is 2.35. The molecule has 3 fully saturated rings. The van der Waals surface area contributed by atoms with E-state index in [4.69, 9.17) is 9.84 Å². The number of halogens is 1. The predicted octanol–water partition coefficient (Wildman–Crippen LogP) is 2.78. The van der Waals surface area contributed by atoms with Gasteiger partial charge in [0.05, 0.1) is 28.5 Å². The molecule has 11 heteroatoms. The van der Waals surface area contributed by atoms with Crippen LogP contribution in [0.4, 0.5) is 9.80 Å². The maximum absolute atomic E-state index is 13.0. The first-order chi connectivity index (χ1) is 15.4. The lowest BCUT2D eigenvalue weighted by Gasteiger charge is -2.43. The number of ether oxygens (including phenoxy) is 1. The van der Waals surface area contributed by atoms with Gasteiger partial charge in [0.2, 0.25) is 5.91 Å². The van der Waals surface area contributed by atoms with Crippen molar-refractivity contribution in [3.8, 4) is 0 Å². The van der Waals surface area contributed by atoms with Gasteiger partial charge in [0.1, 0.15) is 5.00 Å². The van der Waals surface area contributed by atoms with Gasteiger partial charge in [-0.15, -0.1) is 11.3 Å². The minimum atomic E-state index is -1.18. The van der Waals surface area contributed by atoms with E-state index in [2.05, 4.69) is 26.1 Å². The van der Waals surface area contributed by atoms with E-state index in [9.17, 15) is 14.4 Å². The van der Waals surface area contributed by atoms with Crippen molar-refractivity contribution in [2.45, 2.75) is 31.7 Å². The van der Waals surface area contributed by atoms with Crippen LogP contribution >= 0.6 is 27.3 Å². The molecule has 4 heterocycles. The van der Waals surface area contributed by atoms with Crippen molar-refractivity contribution >= 4 is 50.2 Å². The summed E-state index contributed by atoms with van der Waals surface area (Å²) in [5.41, 5.74) is 0.386. The first kappa shape index (κ1) is 23.5. The van der Waals surface area contributed by atoms with Crippen LogP contribution in [0.1, 0.15) is 36.0 Å². The topological polar surface area (TPSA) is 102 Å². The molecule has 0 bridgehead atoms. The number of nitrogens with zero attached hydrogens (tertiary/aromatic N) is 3. The predicted molar refractivity (Wildman–Crippen MR) is 124 cm³/mol. The van der Waals surface area contributed by atoms with Crippen molar-refractivity contribution in [2.24, 2.45) is 5.92 Å². The Morgan fingerprint density at radius 2 is 1.78 bits per heavy atom. The summed E-state index contributed by atoms with van der Waals surface area (Å²) in [6.07, 6.45) is 2.50. The van der Waals surface area contributed by atoms with Gasteiger partial charge in [0, 0.05) is 38.8 Å². The zero-order chi connectivity index (χ0) is 22.7. The maximum atomic E-state index is 13.0. The van der Waals surface area contributed by atoms with Gasteiger partial charge in [-0.3, -0.25) is 19.8 Å². The first-order valence-electron chi connectivity index (χ1n) is 11.1. The van der Waals surface area contributed by atoms with Crippen LogP contribution in [-0.2, 0) is 9.53 Å². The summed E-state index contributed by atoms with van der Waals surface area (Å²) < 4.78 is 6.08. The van der Waals surface area contributed by atoms with Gasteiger partial charge in [-0.1, -0.05) is 0 Å². The summed E-state index contributed by atoms with van der Waals surface area (Å²) in [5, 5.41) is 11.7. The average Bonchev–Trinajstić information content (AvgIpc) is 3.18. The molecular weight excluding hydrogens is 500 g/mol. The molecule has 0 aliphatic carbocycles. The van der Waals surface area contributed by atoms with Gasteiger partial charge in [-0.2, -0.15) is 0 Å². The van der Waals surface area contributed by atoms with Crippen LogP contribution in [0.2, 0.25) is 0 Å². The Hall–Kier alpha value is -1.69. The van der Waals surface area contributed by atoms with E-state index in [1.54, 1.807) is 11.0 Å². The minimum Gasteiger partial charge on any atom is -0.465 e. The number of amides is 3. The normalized spacial score (nSPS) is 23.2. The second kappa shape index (κ2) is 10.5. The van der Waals surface area contributed by atoms with E-state index in [1.807, 2.05) is 4.90 Å². The fraction of sp³-hybridized carbons (Fsp3) is 0.667. The lowest BCUT2D eigenvalue weighted by Crippen LogP contribution is -2.53. The van der Waals surface area contributed by atoms with Crippen molar-refractivity contribution in [3.63, 3.8) is 0 Å². The molecule has 9 nitrogen and oxygen atoms in total. The van der Waals surface area contributed by atoms with Gasteiger partial charge < -0.3 is 19.6 Å². The molecule has 0 saturated carbocycles. The molecule has 1 aromatic rings.